The van der Waals surface area contributed by atoms with E-state index in [-0.39, 0.29) is 43.7 Å². The Hall–Kier alpha value is -4.33. The van der Waals surface area contributed by atoms with E-state index < -0.39 is 23.6 Å². The molecular weight excluding hydrogens is 567 g/mol. The number of likely N-dealkylation sites (tertiary alicyclic amines) is 1. The molecular formula is C29H29FN4O7S. The first kappa shape index (κ1) is 29.2. The summed E-state index contributed by atoms with van der Waals surface area (Å²) < 4.78 is 30.3. The molecule has 0 aliphatic carbocycles. The van der Waals surface area contributed by atoms with E-state index in [0.717, 1.165) is 4.88 Å². The van der Waals surface area contributed by atoms with Gasteiger partial charge in [0, 0.05) is 29.2 Å². The molecule has 3 heterocycles. The standard InChI is InChI=1S/C29H29FN4O7S/c1-18(35)33-21-12-24(42-16-21)14-31-28(38)25-13-29(39-10-11-40-29)17-34(25)26(36)15-32-27(37)19-2-6-22(7-3-19)41-23-8-4-20(30)5-9-23/h2-9,12,16,25H,10-11,13-15,17H2,1H3,(H,31,38)(H,32,37)(H,33,35)/t25-/m0/s1. The number of hydrogen-bond acceptors (Lipinski definition) is 8. The van der Waals surface area contributed by atoms with Gasteiger partial charge >= 0.3 is 0 Å². The largest absolute Gasteiger partial charge is 0.457 e. The highest BCUT2D eigenvalue weighted by Crippen LogP contribution is 2.35. The molecule has 0 bridgehead atoms. The van der Waals surface area contributed by atoms with Crippen LogP contribution in [0.2, 0.25) is 0 Å². The van der Waals surface area contributed by atoms with E-state index in [9.17, 15) is 23.6 Å². The maximum Gasteiger partial charge on any atom is 0.251 e. The molecule has 13 heteroatoms. The van der Waals surface area contributed by atoms with Crippen LogP contribution < -0.4 is 20.7 Å². The Morgan fingerprint density at radius 3 is 2.36 bits per heavy atom. The fourth-order valence-corrected chi connectivity index (χ4v) is 5.50. The Kier molecular flexibility index (Phi) is 8.80. The minimum absolute atomic E-state index is 0.0564. The van der Waals surface area contributed by atoms with Crippen molar-refractivity contribution >= 4 is 40.7 Å². The molecule has 1 atom stereocenters. The first-order valence-corrected chi connectivity index (χ1v) is 14.1. The summed E-state index contributed by atoms with van der Waals surface area (Å²) in [6.45, 7) is 2.06. The van der Waals surface area contributed by atoms with Gasteiger partial charge < -0.3 is 35.1 Å². The van der Waals surface area contributed by atoms with E-state index in [2.05, 4.69) is 16.0 Å². The lowest BCUT2D eigenvalue weighted by Crippen LogP contribution is -2.49. The molecule has 0 radical (unpaired) electrons. The minimum atomic E-state index is -1.07. The van der Waals surface area contributed by atoms with Crippen molar-refractivity contribution < 1.29 is 37.8 Å². The monoisotopic (exact) mass is 596 g/mol. The topological polar surface area (TPSA) is 135 Å². The minimum Gasteiger partial charge on any atom is -0.457 e. The summed E-state index contributed by atoms with van der Waals surface area (Å²) in [5.74, 6) is -2.05. The average Bonchev–Trinajstić information content (AvgIpc) is 3.72. The zero-order valence-corrected chi connectivity index (χ0v) is 23.5. The number of halogens is 1. The highest BCUT2D eigenvalue weighted by atomic mass is 32.1. The van der Waals surface area contributed by atoms with Gasteiger partial charge in [-0.1, -0.05) is 0 Å². The van der Waals surface area contributed by atoms with Crippen LogP contribution in [0.5, 0.6) is 11.5 Å². The molecule has 1 spiro atoms. The first-order valence-electron chi connectivity index (χ1n) is 13.2. The lowest BCUT2D eigenvalue weighted by molar-refractivity contribution is -0.152. The van der Waals surface area contributed by atoms with Crippen molar-refractivity contribution in [1.29, 1.82) is 0 Å². The third-order valence-corrected chi connectivity index (χ3v) is 7.64. The summed E-state index contributed by atoms with van der Waals surface area (Å²) in [5.41, 5.74) is 0.949. The van der Waals surface area contributed by atoms with Crippen LogP contribution >= 0.6 is 11.3 Å². The molecule has 11 nitrogen and oxygen atoms in total. The van der Waals surface area contributed by atoms with Gasteiger partial charge in [-0.3, -0.25) is 19.2 Å². The summed E-state index contributed by atoms with van der Waals surface area (Å²) in [6.07, 6.45) is 0.162. The Morgan fingerprint density at radius 2 is 1.69 bits per heavy atom. The molecule has 2 aliphatic rings. The summed E-state index contributed by atoms with van der Waals surface area (Å²) in [4.78, 5) is 52.6. The molecule has 220 valence electrons. The highest BCUT2D eigenvalue weighted by molar-refractivity contribution is 7.10. The van der Waals surface area contributed by atoms with Crippen LogP contribution in [0.15, 0.2) is 60.0 Å². The summed E-state index contributed by atoms with van der Waals surface area (Å²) in [5, 5.41) is 9.93. The predicted molar refractivity (Wildman–Crippen MR) is 150 cm³/mol. The molecule has 4 amide bonds. The fourth-order valence-electron chi connectivity index (χ4n) is 4.75. The molecule has 3 N–H and O–H groups in total. The lowest BCUT2D eigenvalue weighted by atomic mass is 10.1. The molecule has 1 aromatic heterocycles. The Morgan fingerprint density at radius 1 is 1.02 bits per heavy atom. The van der Waals surface area contributed by atoms with Crippen LogP contribution in [0.3, 0.4) is 0 Å². The third-order valence-electron chi connectivity index (χ3n) is 6.71. The maximum absolute atomic E-state index is 13.2. The zero-order chi connectivity index (χ0) is 29.7. The molecule has 42 heavy (non-hydrogen) atoms. The Bertz CT molecular complexity index is 1460. The summed E-state index contributed by atoms with van der Waals surface area (Å²) in [7, 11) is 0. The number of carbonyl (C=O) groups excluding carboxylic acids is 4. The highest BCUT2D eigenvalue weighted by Gasteiger charge is 2.52. The van der Waals surface area contributed by atoms with Crippen molar-refractivity contribution in [3.05, 3.63) is 76.2 Å². The van der Waals surface area contributed by atoms with E-state index in [1.54, 1.807) is 35.7 Å². The van der Waals surface area contributed by atoms with Crippen LogP contribution in [0.1, 0.15) is 28.6 Å². The van der Waals surface area contributed by atoms with Crippen LogP contribution in [-0.4, -0.2) is 66.7 Å². The normalized spacial score (nSPS) is 17.2. The molecule has 0 unspecified atom stereocenters. The molecule has 2 saturated heterocycles. The van der Waals surface area contributed by atoms with Gasteiger partial charge in [0.1, 0.15) is 23.4 Å². The van der Waals surface area contributed by atoms with E-state index in [4.69, 9.17) is 14.2 Å². The molecule has 0 saturated carbocycles. The van der Waals surface area contributed by atoms with E-state index in [1.165, 1.54) is 47.4 Å². The fraction of sp³-hybridized carbons (Fsp3) is 0.310. The van der Waals surface area contributed by atoms with Gasteiger partial charge in [-0.2, -0.15) is 0 Å². The van der Waals surface area contributed by atoms with Crippen molar-refractivity contribution in [2.45, 2.75) is 31.7 Å². The Labute approximate surface area is 244 Å². The Balaban J connectivity index is 1.17. The number of nitrogens with one attached hydrogen (secondary N) is 3. The van der Waals surface area contributed by atoms with E-state index in [1.807, 2.05) is 0 Å². The number of rotatable bonds is 9. The SMILES string of the molecule is CC(=O)Nc1csc(CNC(=O)[C@@H]2CC3(CN2C(=O)CNC(=O)c2ccc(Oc4ccc(F)cc4)cc2)OCCO3)c1. The number of ether oxygens (including phenoxy) is 3. The van der Waals surface area contributed by atoms with Gasteiger partial charge in [-0.25, -0.2) is 4.39 Å². The number of anilines is 1. The smallest absolute Gasteiger partial charge is 0.251 e. The van der Waals surface area contributed by atoms with Gasteiger partial charge in [0.2, 0.25) is 17.7 Å². The summed E-state index contributed by atoms with van der Waals surface area (Å²) in [6, 6.07) is 12.7. The van der Waals surface area contributed by atoms with Crippen molar-refractivity contribution in [2.24, 2.45) is 0 Å². The van der Waals surface area contributed by atoms with Crippen molar-refractivity contribution in [2.75, 3.05) is 31.6 Å². The van der Waals surface area contributed by atoms with Gasteiger partial charge in [-0.15, -0.1) is 11.3 Å². The van der Waals surface area contributed by atoms with Gasteiger partial charge in [0.25, 0.3) is 5.91 Å². The van der Waals surface area contributed by atoms with Gasteiger partial charge in [0.15, 0.2) is 5.79 Å². The van der Waals surface area contributed by atoms with Crippen molar-refractivity contribution in [3.63, 3.8) is 0 Å². The number of hydrogen-bond donors (Lipinski definition) is 3. The molecule has 5 rings (SSSR count). The number of amides is 4. The number of benzene rings is 2. The van der Waals surface area contributed by atoms with Crippen LogP contribution in [0.4, 0.5) is 10.1 Å². The maximum atomic E-state index is 13.2. The van der Waals surface area contributed by atoms with Crippen LogP contribution in [0, 0.1) is 5.82 Å². The average molecular weight is 597 g/mol. The second-order valence-corrected chi connectivity index (χ2v) is 10.8. The zero-order valence-electron chi connectivity index (χ0n) is 22.7. The molecule has 2 aromatic carbocycles. The van der Waals surface area contributed by atoms with Gasteiger partial charge in [0.05, 0.1) is 38.5 Å². The van der Waals surface area contributed by atoms with E-state index in [0.29, 0.717) is 36.0 Å². The van der Waals surface area contributed by atoms with Crippen LogP contribution in [-0.2, 0) is 30.4 Å². The number of thiophene rings is 1. The van der Waals surface area contributed by atoms with E-state index >= 15 is 0 Å². The lowest BCUT2D eigenvalue weighted by Gasteiger charge is -2.24. The van der Waals surface area contributed by atoms with Gasteiger partial charge in [-0.05, 0) is 54.6 Å². The molecule has 2 fully saturated rings. The predicted octanol–water partition coefficient (Wildman–Crippen LogP) is 3.03. The number of nitrogens with zero attached hydrogens (tertiary/aromatic N) is 1. The quantitative estimate of drug-likeness (QED) is 0.346. The molecule has 2 aliphatic heterocycles. The summed E-state index contributed by atoms with van der Waals surface area (Å²) >= 11 is 1.38. The van der Waals surface area contributed by atoms with Crippen LogP contribution in [0.25, 0.3) is 0 Å². The molecule has 3 aromatic rings. The third kappa shape index (κ3) is 7.11. The second-order valence-electron chi connectivity index (χ2n) is 9.81. The van der Waals surface area contributed by atoms with Crippen molar-refractivity contribution in [1.82, 2.24) is 15.5 Å². The number of carbonyl (C=O) groups is 4. The second kappa shape index (κ2) is 12.7. The van der Waals surface area contributed by atoms with Crippen molar-refractivity contribution in [3.8, 4) is 11.5 Å². The first-order chi connectivity index (χ1) is 20.2.